The van der Waals surface area contributed by atoms with Gasteiger partial charge in [-0.1, -0.05) is 79.4 Å². The molecule has 2 rings (SSSR count). The fraction of sp³-hybridized carbons (Fsp3) is 0.167. The van der Waals surface area contributed by atoms with Gasteiger partial charge in [0.2, 0.25) is 0 Å². The van der Waals surface area contributed by atoms with Gasteiger partial charge in [-0.3, -0.25) is 0 Å². The van der Waals surface area contributed by atoms with Crippen molar-refractivity contribution in [3.63, 3.8) is 0 Å². The van der Waals surface area contributed by atoms with Gasteiger partial charge >= 0.3 is 0 Å². The predicted molar refractivity (Wildman–Crippen MR) is 110 cm³/mol. The third-order valence-corrected chi connectivity index (χ3v) is 3.84. The third kappa shape index (κ3) is 5.91. The molecule has 0 aliphatic carbocycles. The highest BCUT2D eigenvalue weighted by Crippen LogP contribution is 2.23. The molecule has 0 bridgehead atoms. The first-order chi connectivity index (χ1) is 12.8. The topological polar surface area (TPSA) is 18.5 Å². The minimum absolute atomic E-state index is 0.109. The highest BCUT2D eigenvalue weighted by Gasteiger charge is 2.06. The quantitative estimate of drug-likeness (QED) is 0.469. The van der Waals surface area contributed by atoms with Crippen molar-refractivity contribution in [2.75, 3.05) is 13.2 Å². The molecule has 0 N–H and O–H groups in total. The molecule has 0 heterocycles. The van der Waals surface area contributed by atoms with Gasteiger partial charge in [0.25, 0.3) is 0 Å². The van der Waals surface area contributed by atoms with E-state index < -0.39 is 0 Å². The Labute approximate surface area is 156 Å². The van der Waals surface area contributed by atoms with Crippen LogP contribution < -0.4 is 4.74 Å². The number of ether oxygens (including phenoxy) is 2. The van der Waals surface area contributed by atoms with Gasteiger partial charge in [0.1, 0.15) is 18.5 Å². The van der Waals surface area contributed by atoms with Crippen LogP contribution in [-0.4, -0.2) is 13.2 Å². The Morgan fingerprint density at radius 3 is 2.42 bits per heavy atom. The lowest BCUT2D eigenvalue weighted by Crippen LogP contribution is -2.01. The molecule has 0 aliphatic heterocycles. The molecule has 0 amide bonds. The van der Waals surface area contributed by atoms with Crippen LogP contribution in [0.25, 0.3) is 6.08 Å². The average molecular weight is 346 g/mol. The second-order valence-electron chi connectivity index (χ2n) is 5.76. The number of benzene rings is 2. The van der Waals surface area contributed by atoms with Crippen LogP contribution in [0.4, 0.5) is 0 Å². The molecule has 1 atom stereocenters. The van der Waals surface area contributed by atoms with Crippen LogP contribution in [0.3, 0.4) is 0 Å². The highest BCUT2D eigenvalue weighted by molar-refractivity contribution is 5.54. The lowest BCUT2D eigenvalue weighted by Gasteiger charge is -2.13. The molecule has 26 heavy (non-hydrogen) atoms. The molecule has 0 aromatic heterocycles. The van der Waals surface area contributed by atoms with Crippen LogP contribution in [0.5, 0.6) is 5.75 Å². The first-order valence-corrected chi connectivity index (χ1v) is 8.71. The summed E-state index contributed by atoms with van der Waals surface area (Å²) in [6.07, 6.45) is 10.1. The Morgan fingerprint density at radius 2 is 1.73 bits per heavy atom. The molecule has 2 aromatic carbocycles. The van der Waals surface area contributed by atoms with Crippen molar-refractivity contribution < 1.29 is 9.47 Å². The fourth-order valence-corrected chi connectivity index (χ4v) is 2.57. The molecule has 0 aliphatic rings. The van der Waals surface area contributed by atoms with E-state index in [-0.39, 0.29) is 6.10 Å². The Morgan fingerprint density at radius 1 is 0.923 bits per heavy atom. The van der Waals surface area contributed by atoms with Crippen LogP contribution in [-0.2, 0) is 11.2 Å². The van der Waals surface area contributed by atoms with Crippen molar-refractivity contribution in [1.29, 1.82) is 0 Å². The maximum atomic E-state index is 5.89. The molecule has 134 valence electrons. The second kappa shape index (κ2) is 10.9. The second-order valence-corrected chi connectivity index (χ2v) is 5.76. The zero-order chi connectivity index (χ0) is 18.6. The van der Waals surface area contributed by atoms with Gasteiger partial charge in [-0.25, -0.2) is 0 Å². The Bertz CT molecular complexity index is 744. The molecular weight excluding hydrogens is 320 g/mol. The lowest BCUT2D eigenvalue weighted by molar-refractivity contribution is 0.110. The summed E-state index contributed by atoms with van der Waals surface area (Å²) in [6, 6.07) is 16.2. The molecule has 0 spiro atoms. The van der Waals surface area contributed by atoms with Crippen LogP contribution in [0.2, 0.25) is 0 Å². The van der Waals surface area contributed by atoms with Gasteiger partial charge in [-0.15, -0.1) is 13.2 Å². The smallest absolute Gasteiger partial charge is 0.123 e. The van der Waals surface area contributed by atoms with Crippen LogP contribution in [0.15, 0.2) is 92.6 Å². The molecule has 0 saturated carbocycles. The van der Waals surface area contributed by atoms with Crippen LogP contribution in [0.1, 0.15) is 22.8 Å². The predicted octanol–water partition coefficient (Wildman–Crippen LogP) is 5.94. The maximum absolute atomic E-state index is 5.89. The van der Waals surface area contributed by atoms with E-state index in [1.54, 1.807) is 6.08 Å². The molecule has 0 saturated heterocycles. The molecule has 0 fully saturated rings. The van der Waals surface area contributed by atoms with Crippen molar-refractivity contribution in [1.82, 2.24) is 0 Å². The maximum Gasteiger partial charge on any atom is 0.123 e. The van der Waals surface area contributed by atoms with Gasteiger partial charge in [0.05, 0.1) is 6.61 Å². The lowest BCUT2D eigenvalue weighted by atomic mass is 10.1. The molecule has 0 radical (unpaired) electrons. The zero-order valence-electron chi connectivity index (χ0n) is 15.1. The first kappa shape index (κ1) is 19.5. The van der Waals surface area contributed by atoms with Crippen molar-refractivity contribution in [2.24, 2.45) is 0 Å². The van der Waals surface area contributed by atoms with Crippen molar-refractivity contribution in [3.05, 3.63) is 109 Å². The van der Waals surface area contributed by atoms with Crippen LogP contribution in [0, 0.1) is 0 Å². The number of allylic oxidation sites excluding steroid dienone is 1. The van der Waals surface area contributed by atoms with Gasteiger partial charge in [0, 0.05) is 0 Å². The number of rotatable bonds is 11. The first-order valence-electron chi connectivity index (χ1n) is 8.71. The summed E-state index contributed by atoms with van der Waals surface area (Å²) in [5, 5.41) is 0. The summed E-state index contributed by atoms with van der Waals surface area (Å²) in [4.78, 5) is 0. The molecule has 1 unspecified atom stereocenters. The Kier molecular flexibility index (Phi) is 8.17. The number of hydrogen-bond donors (Lipinski definition) is 0. The average Bonchev–Trinajstić information content (AvgIpc) is 2.68. The third-order valence-electron chi connectivity index (χ3n) is 3.84. The van der Waals surface area contributed by atoms with Crippen molar-refractivity contribution in [3.8, 4) is 5.75 Å². The van der Waals surface area contributed by atoms with Crippen molar-refractivity contribution >= 4 is 6.08 Å². The van der Waals surface area contributed by atoms with E-state index in [9.17, 15) is 0 Å². The van der Waals surface area contributed by atoms with E-state index in [0.717, 1.165) is 28.9 Å². The van der Waals surface area contributed by atoms with Gasteiger partial charge < -0.3 is 9.47 Å². The Balaban J connectivity index is 1.99. The van der Waals surface area contributed by atoms with Gasteiger partial charge in [-0.05, 0) is 29.2 Å². The van der Waals surface area contributed by atoms with E-state index >= 15 is 0 Å². The van der Waals surface area contributed by atoms with E-state index in [0.29, 0.717) is 13.2 Å². The summed E-state index contributed by atoms with van der Waals surface area (Å²) in [6.45, 7) is 12.3. The van der Waals surface area contributed by atoms with Gasteiger partial charge in [0.15, 0.2) is 0 Å². The standard InChI is InChI=1S/C24H26O2/c1-4-11-21-16-15-20(19-24(21)25-17-5-2)12-10-18-26-23(6-3)22-13-8-7-9-14-22/h4-10,12-16,19,23H,1-3,11,17-18H2/b12-10+. The van der Waals surface area contributed by atoms with Crippen molar-refractivity contribution in [2.45, 2.75) is 12.5 Å². The largest absolute Gasteiger partial charge is 0.489 e. The molecule has 2 aromatic rings. The summed E-state index contributed by atoms with van der Waals surface area (Å²) in [5.41, 5.74) is 3.28. The summed E-state index contributed by atoms with van der Waals surface area (Å²) in [7, 11) is 0. The Hall–Kier alpha value is -2.84. The highest BCUT2D eigenvalue weighted by atomic mass is 16.5. The minimum Gasteiger partial charge on any atom is -0.489 e. The summed E-state index contributed by atoms with van der Waals surface area (Å²) >= 11 is 0. The van der Waals surface area contributed by atoms with E-state index in [1.165, 1.54) is 0 Å². The van der Waals surface area contributed by atoms with Crippen LogP contribution >= 0.6 is 0 Å². The summed E-state index contributed by atoms with van der Waals surface area (Å²) < 4.78 is 11.6. The normalized spacial score (nSPS) is 11.8. The SMILES string of the molecule is C=CCOc1cc(/C=C/COC(C=C)c2ccccc2)ccc1CC=C. The van der Waals surface area contributed by atoms with E-state index in [2.05, 4.69) is 31.9 Å². The van der Waals surface area contributed by atoms with E-state index in [4.69, 9.17) is 9.47 Å². The molecular formula is C24H26O2. The number of hydrogen-bond acceptors (Lipinski definition) is 2. The zero-order valence-corrected chi connectivity index (χ0v) is 15.1. The van der Waals surface area contributed by atoms with Gasteiger partial charge in [-0.2, -0.15) is 0 Å². The summed E-state index contributed by atoms with van der Waals surface area (Å²) in [5.74, 6) is 0.862. The molecule has 2 nitrogen and oxygen atoms in total. The minimum atomic E-state index is -0.109. The fourth-order valence-electron chi connectivity index (χ4n) is 2.57. The molecule has 2 heteroatoms. The monoisotopic (exact) mass is 346 g/mol. The van der Waals surface area contributed by atoms with E-state index in [1.807, 2.05) is 60.7 Å².